The van der Waals surface area contributed by atoms with Crippen molar-refractivity contribution >= 4 is 11.7 Å². The number of pyridine rings is 1. The summed E-state index contributed by atoms with van der Waals surface area (Å²) >= 11 is 0. The minimum atomic E-state index is -1.15. The molecule has 96 valence electrons. The molecule has 0 amide bonds. The second-order valence-corrected chi connectivity index (χ2v) is 3.30. The van der Waals surface area contributed by atoms with E-state index >= 15 is 0 Å². The molecular formula is C10H6N4O5. The highest BCUT2D eigenvalue weighted by Crippen LogP contribution is 2.18. The number of ether oxygens (including phenoxy) is 1. The Morgan fingerprint density at radius 2 is 1.95 bits per heavy atom. The highest BCUT2D eigenvalue weighted by molar-refractivity contribution is 5.87. The molecule has 9 nitrogen and oxygen atoms in total. The quantitative estimate of drug-likeness (QED) is 0.644. The van der Waals surface area contributed by atoms with Crippen molar-refractivity contribution in [3.05, 3.63) is 46.5 Å². The highest BCUT2D eigenvalue weighted by Gasteiger charge is 2.09. The van der Waals surface area contributed by atoms with E-state index in [9.17, 15) is 14.9 Å². The first-order chi connectivity index (χ1) is 9.06. The molecule has 0 saturated carbocycles. The monoisotopic (exact) mass is 262 g/mol. The summed E-state index contributed by atoms with van der Waals surface area (Å²) in [6.07, 6.45) is 4.40. The third kappa shape index (κ3) is 2.97. The van der Waals surface area contributed by atoms with Gasteiger partial charge in [-0.05, 0) is 6.07 Å². The van der Waals surface area contributed by atoms with Crippen LogP contribution in [0.4, 0.5) is 5.69 Å². The first-order valence-electron chi connectivity index (χ1n) is 4.89. The van der Waals surface area contributed by atoms with Crippen LogP contribution in [0.2, 0.25) is 0 Å². The van der Waals surface area contributed by atoms with E-state index in [1.165, 1.54) is 12.3 Å². The van der Waals surface area contributed by atoms with Crippen LogP contribution in [0.15, 0.2) is 30.9 Å². The van der Waals surface area contributed by atoms with Crippen molar-refractivity contribution in [1.29, 1.82) is 0 Å². The zero-order chi connectivity index (χ0) is 13.8. The number of rotatable bonds is 4. The van der Waals surface area contributed by atoms with Crippen LogP contribution in [-0.4, -0.2) is 31.0 Å². The van der Waals surface area contributed by atoms with Gasteiger partial charge in [0.25, 0.3) is 0 Å². The van der Waals surface area contributed by atoms with Crippen LogP contribution in [0.3, 0.4) is 0 Å². The van der Waals surface area contributed by atoms with E-state index in [0.29, 0.717) is 0 Å². The molecule has 0 atom stereocenters. The summed E-state index contributed by atoms with van der Waals surface area (Å²) in [5, 5.41) is 19.2. The lowest BCUT2D eigenvalue weighted by Gasteiger charge is -2.03. The van der Waals surface area contributed by atoms with Gasteiger partial charge in [0.15, 0.2) is 0 Å². The standard InChI is InChI=1S/C10H6N4O5/c15-9(16)6-1-8(5-11-2-6)19-10-12-3-7(4-13-10)14(17)18/h1-5H,(H,15,16). The summed E-state index contributed by atoms with van der Waals surface area (Å²) in [7, 11) is 0. The lowest BCUT2D eigenvalue weighted by Crippen LogP contribution is -1.99. The third-order valence-corrected chi connectivity index (χ3v) is 1.99. The summed E-state index contributed by atoms with van der Waals surface area (Å²) in [5.74, 6) is -1.03. The van der Waals surface area contributed by atoms with Crippen molar-refractivity contribution in [2.24, 2.45) is 0 Å². The fraction of sp³-hybridized carbons (Fsp3) is 0. The highest BCUT2D eigenvalue weighted by atomic mass is 16.6. The molecule has 0 spiro atoms. The van der Waals surface area contributed by atoms with Gasteiger partial charge in [0, 0.05) is 6.20 Å². The van der Waals surface area contributed by atoms with E-state index in [-0.39, 0.29) is 23.0 Å². The van der Waals surface area contributed by atoms with Gasteiger partial charge < -0.3 is 9.84 Å². The minimum Gasteiger partial charge on any atom is -0.478 e. The Hall–Kier alpha value is -3.10. The molecule has 2 aromatic rings. The Morgan fingerprint density at radius 3 is 2.53 bits per heavy atom. The smallest absolute Gasteiger partial charge is 0.337 e. The van der Waals surface area contributed by atoms with Crippen LogP contribution in [0.1, 0.15) is 10.4 Å². The first kappa shape index (κ1) is 12.4. The minimum absolute atomic E-state index is 0.0561. The molecule has 9 heteroatoms. The molecule has 2 rings (SSSR count). The second-order valence-electron chi connectivity index (χ2n) is 3.30. The molecule has 1 N–H and O–H groups in total. The van der Waals surface area contributed by atoms with Crippen LogP contribution >= 0.6 is 0 Å². The van der Waals surface area contributed by atoms with Gasteiger partial charge in [-0.25, -0.2) is 4.79 Å². The normalized spacial score (nSPS) is 9.89. The van der Waals surface area contributed by atoms with Crippen molar-refractivity contribution in [3.63, 3.8) is 0 Å². The van der Waals surface area contributed by atoms with Crippen LogP contribution in [0.5, 0.6) is 11.8 Å². The van der Waals surface area contributed by atoms with E-state index in [1.807, 2.05) is 0 Å². The van der Waals surface area contributed by atoms with Crippen molar-refractivity contribution in [1.82, 2.24) is 15.0 Å². The Labute approximate surface area is 105 Å². The molecule has 0 aliphatic heterocycles. The van der Waals surface area contributed by atoms with E-state index in [1.54, 1.807) is 0 Å². The van der Waals surface area contributed by atoms with E-state index in [4.69, 9.17) is 9.84 Å². The topological polar surface area (TPSA) is 128 Å². The number of carbonyl (C=O) groups is 1. The van der Waals surface area contributed by atoms with E-state index < -0.39 is 10.9 Å². The number of nitrogens with zero attached hydrogens (tertiary/aromatic N) is 4. The van der Waals surface area contributed by atoms with Gasteiger partial charge in [-0.15, -0.1) is 0 Å². The van der Waals surface area contributed by atoms with Gasteiger partial charge in [-0.3, -0.25) is 15.1 Å². The Bertz CT molecular complexity index is 628. The average molecular weight is 262 g/mol. The Balaban J connectivity index is 2.19. The SMILES string of the molecule is O=C(O)c1cncc(Oc2ncc([N+](=O)[O-])cn2)c1. The van der Waals surface area contributed by atoms with E-state index in [2.05, 4.69) is 15.0 Å². The van der Waals surface area contributed by atoms with Crippen molar-refractivity contribution in [3.8, 4) is 11.8 Å². The molecule has 19 heavy (non-hydrogen) atoms. The second kappa shape index (κ2) is 5.04. The predicted octanol–water partition coefficient (Wildman–Crippen LogP) is 1.27. The van der Waals surface area contributed by atoms with E-state index in [0.717, 1.165) is 18.6 Å². The predicted molar refractivity (Wildman–Crippen MR) is 60.0 cm³/mol. The summed E-state index contributed by atoms with van der Waals surface area (Å²) in [5.41, 5.74) is -0.329. The van der Waals surface area contributed by atoms with Crippen molar-refractivity contribution in [2.75, 3.05) is 0 Å². The maximum Gasteiger partial charge on any atom is 0.337 e. The van der Waals surface area contributed by atoms with Crippen LogP contribution in [0.25, 0.3) is 0 Å². The lowest BCUT2D eigenvalue weighted by molar-refractivity contribution is -0.385. The zero-order valence-corrected chi connectivity index (χ0v) is 9.26. The molecule has 0 fully saturated rings. The molecule has 0 aliphatic rings. The molecule has 0 aromatic carbocycles. The fourth-order valence-electron chi connectivity index (χ4n) is 1.15. The summed E-state index contributed by atoms with van der Waals surface area (Å²) in [6, 6.07) is 1.09. The molecule has 2 heterocycles. The van der Waals surface area contributed by atoms with Gasteiger partial charge in [0.05, 0.1) is 16.7 Å². The summed E-state index contributed by atoms with van der Waals surface area (Å²) in [6.45, 7) is 0. The maximum absolute atomic E-state index is 10.7. The first-order valence-corrected chi connectivity index (χ1v) is 4.89. The molecular weight excluding hydrogens is 256 g/mol. The van der Waals surface area contributed by atoms with Gasteiger partial charge >= 0.3 is 17.7 Å². The van der Waals surface area contributed by atoms with Crippen molar-refractivity contribution in [2.45, 2.75) is 0 Å². The van der Waals surface area contributed by atoms with Crippen LogP contribution in [0, 0.1) is 10.1 Å². The lowest BCUT2D eigenvalue weighted by atomic mass is 10.3. The molecule has 0 saturated heterocycles. The Morgan fingerprint density at radius 1 is 1.26 bits per heavy atom. The summed E-state index contributed by atoms with van der Waals surface area (Å²) in [4.78, 5) is 31.4. The van der Waals surface area contributed by atoms with Gasteiger partial charge in [0.1, 0.15) is 18.1 Å². The molecule has 0 unspecified atom stereocenters. The average Bonchev–Trinajstić information content (AvgIpc) is 2.39. The third-order valence-electron chi connectivity index (χ3n) is 1.99. The number of hydrogen-bond acceptors (Lipinski definition) is 7. The number of carboxylic acid groups (broad SMARTS) is 1. The molecule has 0 bridgehead atoms. The van der Waals surface area contributed by atoms with Gasteiger partial charge in [0.2, 0.25) is 0 Å². The summed E-state index contributed by atoms with van der Waals surface area (Å²) < 4.78 is 5.13. The van der Waals surface area contributed by atoms with Gasteiger partial charge in [-0.2, -0.15) is 9.97 Å². The number of aromatic carboxylic acids is 1. The number of hydrogen-bond donors (Lipinski definition) is 1. The largest absolute Gasteiger partial charge is 0.478 e. The van der Waals surface area contributed by atoms with Crippen molar-refractivity contribution < 1.29 is 19.6 Å². The fourth-order valence-corrected chi connectivity index (χ4v) is 1.15. The maximum atomic E-state index is 10.7. The Kier molecular flexibility index (Phi) is 3.28. The van der Waals surface area contributed by atoms with Crippen LogP contribution < -0.4 is 4.74 Å². The number of carboxylic acids is 1. The zero-order valence-electron chi connectivity index (χ0n) is 9.26. The molecule has 2 aromatic heterocycles. The number of aromatic nitrogens is 3. The number of nitro groups is 1. The van der Waals surface area contributed by atoms with Crippen LogP contribution in [-0.2, 0) is 0 Å². The molecule has 0 aliphatic carbocycles. The van der Waals surface area contributed by atoms with Gasteiger partial charge in [-0.1, -0.05) is 0 Å². The molecule has 0 radical (unpaired) electrons.